The van der Waals surface area contributed by atoms with Gasteiger partial charge in [-0.2, -0.15) is 5.10 Å². The molecule has 0 radical (unpaired) electrons. The fourth-order valence-corrected chi connectivity index (χ4v) is 3.86. The van der Waals surface area contributed by atoms with Crippen LogP contribution in [0.1, 0.15) is 21.5 Å². The van der Waals surface area contributed by atoms with E-state index in [0.717, 1.165) is 10.0 Å². The summed E-state index contributed by atoms with van der Waals surface area (Å²) in [7, 11) is 0. The van der Waals surface area contributed by atoms with E-state index in [1.165, 1.54) is 6.21 Å². The molecule has 0 fully saturated rings. The minimum absolute atomic E-state index is 0.0202. The average molecular weight is 531 g/mol. The number of nitrogens with one attached hydrogen (secondary N) is 2. The van der Waals surface area contributed by atoms with E-state index in [-0.39, 0.29) is 18.1 Å². The number of nitrogens with zero attached hydrogens (tertiary/aromatic N) is 1. The summed E-state index contributed by atoms with van der Waals surface area (Å²) >= 11 is 6.56. The van der Waals surface area contributed by atoms with Crippen molar-refractivity contribution in [2.24, 2.45) is 5.10 Å². The van der Waals surface area contributed by atoms with Crippen LogP contribution in [0.15, 0.2) is 80.8 Å². The zero-order valence-electron chi connectivity index (χ0n) is 15.6. The van der Waals surface area contributed by atoms with Crippen molar-refractivity contribution in [1.29, 1.82) is 0 Å². The summed E-state index contributed by atoms with van der Waals surface area (Å²) in [5, 5.41) is 16.7. The van der Waals surface area contributed by atoms with E-state index in [1.54, 1.807) is 36.4 Å². The maximum absolute atomic E-state index is 12.2. The van der Waals surface area contributed by atoms with Crippen LogP contribution >= 0.6 is 31.9 Å². The number of benzene rings is 3. The highest BCUT2D eigenvalue weighted by Crippen LogP contribution is 2.30. The molecule has 0 saturated carbocycles. The van der Waals surface area contributed by atoms with Gasteiger partial charge in [-0.1, -0.05) is 46.3 Å². The predicted molar refractivity (Wildman–Crippen MR) is 124 cm³/mol. The van der Waals surface area contributed by atoms with Gasteiger partial charge in [0.2, 0.25) is 5.91 Å². The number of rotatable bonds is 6. The van der Waals surface area contributed by atoms with Gasteiger partial charge in [-0.05, 0) is 57.9 Å². The highest BCUT2D eigenvalue weighted by Gasteiger charge is 2.08. The van der Waals surface area contributed by atoms with Crippen LogP contribution < -0.4 is 10.7 Å². The number of amides is 2. The summed E-state index contributed by atoms with van der Waals surface area (Å²) in [6.45, 7) is 0. The normalized spacial score (nSPS) is 10.7. The zero-order chi connectivity index (χ0) is 21.5. The van der Waals surface area contributed by atoms with Crippen LogP contribution in [0.2, 0.25) is 0 Å². The van der Waals surface area contributed by atoms with Crippen molar-refractivity contribution in [1.82, 2.24) is 5.43 Å². The van der Waals surface area contributed by atoms with Gasteiger partial charge in [-0.3, -0.25) is 9.59 Å². The number of carbonyl (C=O) groups excluding carboxylic acids is 2. The number of phenolic OH excluding ortho intramolecular Hbond substituents is 1. The summed E-state index contributed by atoms with van der Waals surface area (Å²) in [6.07, 6.45) is 1.62. The molecule has 8 heteroatoms. The Labute approximate surface area is 190 Å². The monoisotopic (exact) mass is 529 g/mol. The molecule has 0 aliphatic rings. The quantitative estimate of drug-likeness (QED) is 0.314. The van der Waals surface area contributed by atoms with Gasteiger partial charge in [0.1, 0.15) is 5.75 Å². The molecule has 0 aliphatic heterocycles. The Balaban J connectivity index is 1.57. The lowest BCUT2D eigenvalue weighted by molar-refractivity contribution is -0.115. The zero-order valence-corrected chi connectivity index (χ0v) is 18.8. The molecule has 0 aliphatic carbocycles. The van der Waals surface area contributed by atoms with E-state index in [9.17, 15) is 14.7 Å². The lowest BCUT2D eigenvalue weighted by Crippen LogP contribution is -2.18. The molecule has 30 heavy (non-hydrogen) atoms. The van der Waals surface area contributed by atoms with Gasteiger partial charge >= 0.3 is 0 Å². The lowest BCUT2D eigenvalue weighted by Gasteiger charge is -2.06. The van der Waals surface area contributed by atoms with Gasteiger partial charge in [0.25, 0.3) is 5.91 Å². The van der Waals surface area contributed by atoms with Crippen LogP contribution in [0.5, 0.6) is 5.75 Å². The smallest absolute Gasteiger partial charge is 0.271 e. The maximum Gasteiger partial charge on any atom is 0.271 e. The first-order valence-corrected chi connectivity index (χ1v) is 10.5. The van der Waals surface area contributed by atoms with E-state index in [2.05, 4.69) is 47.7 Å². The maximum atomic E-state index is 12.2. The molecular weight excluding hydrogens is 514 g/mol. The first kappa shape index (κ1) is 21.7. The molecule has 2 amide bonds. The van der Waals surface area contributed by atoms with Crippen LogP contribution in [-0.4, -0.2) is 23.1 Å². The van der Waals surface area contributed by atoms with E-state index in [0.29, 0.717) is 21.3 Å². The van der Waals surface area contributed by atoms with E-state index < -0.39 is 5.91 Å². The topological polar surface area (TPSA) is 90.8 Å². The van der Waals surface area contributed by atoms with Crippen molar-refractivity contribution in [2.75, 3.05) is 5.32 Å². The number of aromatic hydroxyl groups is 1. The summed E-state index contributed by atoms with van der Waals surface area (Å²) in [5.41, 5.74) is 4.75. The van der Waals surface area contributed by atoms with Crippen molar-refractivity contribution in [3.05, 3.63) is 92.4 Å². The second-order valence-electron chi connectivity index (χ2n) is 6.31. The lowest BCUT2D eigenvalue weighted by atomic mass is 10.1. The number of hydrogen-bond donors (Lipinski definition) is 3. The minimum atomic E-state index is -0.415. The number of phenols is 1. The highest BCUT2D eigenvalue weighted by molar-refractivity contribution is 9.11. The van der Waals surface area contributed by atoms with Gasteiger partial charge in [0.05, 0.1) is 17.1 Å². The Kier molecular flexibility index (Phi) is 7.37. The highest BCUT2D eigenvalue weighted by atomic mass is 79.9. The molecule has 3 aromatic carbocycles. The number of halogens is 2. The number of hydrazone groups is 1. The Morgan fingerprint density at radius 3 is 2.40 bits per heavy atom. The Hall–Kier alpha value is -2.97. The number of anilines is 1. The molecule has 0 spiro atoms. The molecule has 0 bridgehead atoms. The number of carbonyl (C=O) groups is 2. The Morgan fingerprint density at radius 2 is 1.70 bits per heavy atom. The van der Waals surface area contributed by atoms with Crippen molar-refractivity contribution in [2.45, 2.75) is 6.42 Å². The van der Waals surface area contributed by atoms with E-state index in [1.807, 2.05) is 30.3 Å². The van der Waals surface area contributed by atoms with E-state index >= 15 is 0 Å². The molecule has 152 valence electrons. The molecule has 3 rings (SSSR count). The fraction of sp³-hybridized carbons (Fsp3) is 0.0455. The van der Waals surface area contributed by atoms with Gasteiger partial charge in [0.15, 0.2) is 0 Å². The van der Waals surface area contributed by atoms with Crippen molar-refractivity contribution in [3.63, 3.8) is 0 Å². The first-order chi connectivity index (χ1) is 14.4. The van der Waals surface area contributed by atoms with Crippen LogP contribution in [0.4, 0.5) is 5.69 Å². The third-order valence-electron chi connectivity index (χ3n) is 4.07. The molecule has 0 atom stereocenters. The molecule has 6 nitrogen and oxygen atoms in total. The third kappa shape index (κ3) is 6.01. The molecule has 0 saturated heterocycles. The van der Waals surface area contributed by atoms with E-state index in [4.69, 9.17) is 0 Å². The van der Waals surface area contributed by atoms with Gasteiger partial charge in [-0.15, -0.1) is 0 Å². The standard InChI is InChI=1S/C22H17Br2N3O3/c23-17-11-16(21(29)19(24)12-17)13-25-27-22(30)15-6-8-18(9-7-15)26-20(28)10-14-4-2-1-3-5-14/h1-9,11-13,29H,10H2,(H,26,28)(H,27,30)/b25-13-. The van der Waals surface area contributed by atoms with Crippen LogP contribution in [0, 0.1) is 0 Å². The molecule has 3 N–H and O–H groups in total. The van der Waals surface area contributed by atoms with Crippen LogP contribution in [-0.2, 0) is 11.2 Å². The summed E-state index contributed by atoms with van der Waals surface area (Å²) in [6, 6.07) is 19.3. The third-order valence-corrected chi connectivity index (χ3v) is 5.13. The SMILES string of the molecule is O=C(Cc1ccccc1)Nc1ccc(C(=O)N/N=C\c2cc(Br)cc(Br)c2O)cc1. The molecular formula is C22H17Br2N3O3. The summed E-state index contributed by atoms with van der Waals surface area (Å²) in [4.78, 5) is 24.4. The van der Waals surface area contributed by atoms with Crippen molar-refractivity contribution < 1.29 is 14.7 Å². The molecule has 3 aromatic rings. The first-order valence-electron chi connectivity index (χ1n) is 8.87. The second kappa shape index (κ2) is 10.2. The average Bonchev–Trinajstić information content (AvgIpc) is 2.72. The molecule has 0 heterocycles. The van der Waals surface area contributed by atoms with Gasteiger partial charge < -0.3 is 10.4 Å². The predicted octanol–water partition coefficient (Wildman–Crippen LogP) is 4.86. The summed E-state index contributed by atoms with van der Waals surface area (Å²) in [5.74, 6) is -0.531. The molecule has 0 unspecified atom stereocenters. The fourth-order valence-electron chi connectivity index (χ4n) is 2.60. The van der Waals surface area contributed by atoms with Crippen LogP contribution in [0.25, 0.3) is 0 Å². The summed E-state index contributed by atoms with van der Waals surface area (Å²) < 4.78 is 1.26. The minimum Gasteiger partial charge on any atom is -0.506 e. The Morgan fingerprint density at radius 1 is 1.00 bits per heavy atom. The number of hydrogen-bond acceptors (Lipinski definition) is 4. The molecule has 0 aromatic heterocycles. The van der Waals surface area contributed by atoms with Gasteiger partial charge in [0, 0.05) is 21.3 Å². The van der Waals surface area contributed by atoms with Crippen molar-refractivity contribution >= 4 is 55.6 Å². The van der Waals surface area contributed by atoms with Crippen molar-refractivity contribution in [3.8, 4) is 5.75 Å². The second-order valence-corrected chi connectivity index (χ2v) is 8.08. The van der Waals surface area contributed by atoms with Crippen LogP contribution in [0.3, 0.4) is 0 Å². The Bertz CT molecular complexity index is 1080. The van der Waals surface area contributed by atoms with Gasteiger partial charge in [-0.25, -0.2) is 5.43 Å². The largest absolute Gasteiger partial charge is 0.506 e.